The van der Waals surface area contributed by atoms with E-state index in [1.807, 2.05) is 62.4 Å². The van der Waals surface area contributed by atoms with E-state index in [0.717, 1.165) is 22.3 Å². The minimum Gasteiger partial charge on any atom is -0.461 e. The third kappa shape index (κ3) is 3.91. The third-order valence-corrected chi connectivity index (χ3v) is 3.80. The lowest BCUT2D eigenvalue weighted by atomic mass is 10.1. The summed E-state index contributed by atoms with van der Waals surface area (Å²) in [5.74, 6) is 0.0819. The van der Waals surface area contributed by atoms with Crippen LogP contribution in [0.2, 0.25) is 0 Å². The van der Waals surface area contributed by atoms with Crippen LogP contribution >= 0.6 is 0 Å². The Labute approximate surface area is 147 Å². The Bertz CT molecular complexity index is 856. The van der Waals surface area contributed by atoms with Crippen molar-refractivity contribution in [3.05, 3.63) is 71.4 Å². The number of hydrogen-bond acceptors (Lipinski definition) is 4. The lowest BCUT2D eigenvalue weighted by Crippen LogP contribution is -2.09. The fourth-order valence-electron chi connectivity index (χ4n) is 2.62. The van der Waals surface area contributed by atoms with Crippen LogP contribution < -0.4 is 0 Å². The third-order valence-electron chi connectivity index (χ3n) is 3.80. The zero-order valence-electron chi connectivity index (χ0n) is 14.6. The maximum Gasteiger partial charge on any atom is 0.357 e. The molecule has 1 heterocycles. The van der Waals surface area contributed by atoms with Crippen molar-refractivity contribution in [1.29, 1.82) is 0 Å². The molecule has 0 saturated carbocycles. The second-order valence-electron chi connectivity index (χ2n) is 5.92. The predicted molar refractivity (Wildman–Crippen MR) is 98.3 cm³/mol. The molecule has 0 unspecified atom stereocenters. The molecule has 0 aliphatic rings. The van der Waals surface area contributed by atoms with Gasteiger partial charge in [0.25, 0.3) is 0 Å². The topological polar surface area (TPSA) is 52.1 Å². The van der Waals surface area contributed by atoms with Crippen molar-refractivity contribution in [3.63, 3.8) is 0 Å². The molecule has 126 valence electrons. The quantitative estimate of drug-likeness (QED) is 0.655. The van der Waals surface area contributed by atoms with Crippen LogP contribution in [0.4, 0.5) is 0 Å². The van der Waals surface area contributed by atoms with E-state index in [1.165, 1.54) is 0 Å². The molecule has 4 nitrogen and oxygen atoms in total. The summed E-state index contributed by atoms with van der Waals surface area (Å²) in [6.45, 7) is 6.13. The van der Waals surface area contributed by atoms with Gasteiger partial charge in [-0.05, 0) is 39.0 Å². The highest BCUT2D eigenvalue weighted by atomic mass is 16.5. The minimum absolute atomic E-state index is 0.268. The fourth-order valence-corrected chi connectivity index (χ4v) is 2.62. The Hall–Kier alpha value is -3.01. The van der Waals surface area contributed by atoms with Crippen molar-refractivity contribution in [2.75, 3.05) is 6.61 Å². The van der Waals surface area contributed by atoms with E-state index in [0.29, 0.717) is 18.1 Å². The van der Waals surface area contributed by atoms with Crippen LogP contribution in [-0.4, -0.2) is 22.5 Å². The first kappa shape index (κ1) is 16.8. The number of esters is 1. The Morgan fingerprint density at radius 1 is 0.920 bits per heavy atom. The van der Waals surface area contributed by atoms with Gasteiger partial charge in [-0.25, -0.2) is 14.8 Å². The zero-order valence-corrected chi connectivity index (χ0v) is 14.6. The molecule has 0 radical (unpaired) electrons. The van der Waals surface area contributed by atoms with Crippen LogP contribution in [0, 0.1) is 13.8 Å². The van der Waals surface area contributed by atoms with Crippen molar-refractivity contribution in [3.8, 4) is 22.6 Å². The Morgan fingerprint density at radius 2 is 1.56 bits per heavy atom. The molecule has 0 aliphatic heterocycles. The van der Waals surface area contributed by atoms with E-state index in [-0.39, 0.29) is 5.69 Å². The van der Waals surface area contributed by atoms with E-state index in [1.54, 1.807) is 13.0 Å². The standard InChI is InChI=1S/C21H20N2O2/c1-4-25-21(24)19-13-18(16-9-5-7-14(2)11-16)22-20(23-19)17-10-6-8-15(3)12-17/h5-13H,4H2,1-3H3. The van der Waals surface area contributed by atoms with Crippen molar-refractivity contribution < 1.29 is 9.53 Å². The number of carbonyl (C=O) groups is 1. The second kappa shape index (κ2) is 7.26. The lowest BCUT2D eigenvalue weighted by molar-refractivity contribution is 0.0519. The highest BCUT2D eigenvalue weighted by Crippen LogP contribution is 2.24. The number of rotatable bonds is 4. The SMILES string of the molecule is CCOC(=O)c1cc(-c2cccc(C)c2)nc(-c2cccc(C)c2)n1. The molecule has 0 amide bonds. The summed E-state index contributed by atoms with van der Waals surface area (Å²) in [7, 11) is 0. The molecule has 1 aromatic heterocycles. The van der Waals surface area contributed by atoms with Gasteiger partial charge in [-0.15, -0.1) is 0 Å². The van der Waals surface area contributed by atoms with Crippen molar-refractivity contribution >= 4 is 5.97 Å². The predicted octanol–water partition coefficient (Wildman–Crippen LogP) is 4.60. The molecule has 0 aliphatic carbocycles. The van der Waals surface area contributed by atoms with Crippen molar-refractivity contribution in [2.24, 2.45) is 0 Å². The first-order valence-electron chi connectivity index (χ1n) is 8.27. The number of aromatic nitrogens is 2. The first-order valence-corrected chi connectivity index (χ1v) is 8.27. The number of benzene rings is 2. The molecule has 0 N–H and O–H groups in total. The van der Waals surface area contributed by atoms with Crippen LogP contribution in [-0.2, 0) is 4.74 Å². The Morgan fingerprint density at radius 3 is 2.20 bits per heavy atom. The maximum absolute atomic E-state index is 12.2. The van der Waals surface area contributed by atoms with Crippen LogP contribution in [0.15, 0.2) is 54.6 Å². The van der Waals surface area contributed by atoms with E-state index in [9.17, 15) is 4.79 Å². The Kier molecular flexibility index (Phi) is 4.89. The van der Waals surface area contributed by atoms with Crippen LogP contribution in [0.1, 0.15) is 28.5 Å². The molecule has 0 bridgehead atoms. The second-order valence-corrected chi connectivity index (χ2v) is 5.92. The molecule has 0 atom stereocenters. The molecule has 2 aromatic carbocycles. The van der Waals surface area contributed by atoms with Gasteiger partial charge >= 0.3 is 5.97 Å². The molecular formula is C21H20N2O2. The van der Waals surface area contributed by atoms with Gasteiger partial charge in [-0.3, -0.25) is 0 Å². The molecule has 3 rings (SSSR count). The van der Waals surface area contributed by atoms with E-state index in [4.69, 9.17) is 4.74 Å². The highest BCUT2D eigenvalue weighted by Gasteiger charge is 2.15. The number of aryl methyl sites for hydroxylation is 2. The number of ether oxygens (including phenoxy) is 1. The number of hydrogen-bond donors (Lipinski definition) is 0. The summed E-state index contributed by atoms with van der Waals surface area (Å²) in [5.41, 5.74) is 5.04. The zero-order chi connectivity index (χ0) is 17.8. The van der Waals surface area contributed by atoms with Gasteiger partial charge in [0, 0.05) is 11.1 Å². The van der Waals surface area contributed by atoms with Gasteiger partial charge in [0.05, 0.1) is 12.3 Å². The monoisotopic (exact) mass is 332 g/mol. The van der Waals surface area contributed by atoms with Gasteiger partial charge in [0.1, 0.15) is 0 Å². The van der Waals surface area contributed by atoms with E-state index < -0.39 is 5.97 Å². The molecule has 0 spiro atoms. The maximum atomic E-state index is 12.2. The molecule has 3 aromatic rings. The van der Waals surface area contributed by atoms with Crippen LogP contribution in [0.25, 0.3) is 22.6 Å². The molecule has 25 heavy (non-hydrogen) atoms. The summed E-state index contributed by atoms with van der Waals surface area (Å²) < 4.78 is 5.13. The average molecular weight is 332 g/mol. The van der Waals surface area contributed by atoms with Crippen LogP contribution in [0.3, 0.4) is 0 Å². The number of carbonyl (C=O) groups excluding carboxylic acids is 1. The minimum atomic E-state index is -0.437. The summed E-state index contributed by atoms with van der Waals surface area (Å²) in [5, 5.41) is 0. The van der Waals surface area contributed by atoms with E-state index in [2.05, 4.69) is 9.97 Å². The largest absolute Gasteiger partial charge is 0.461 e. The van der Waals surface area contributed by atoms with Crippen molar-refractivity contribution in [2.45, 2.75) is 20.8 Å². The summed E-state index contributed by atoms with van der Waals surface area (Å²) >= 11 is 0. The first-order chi connectivity index (χ1) is 12.1. The summed E-state index contributed by atoms with van der Waals surface area (Å²) in [6, 6.07) is 17.6. The van der Waals surface area contributed by atoms with Gasteiger partial charge in [0.15, 0.2) is 11.5 Å². The number of nitrogens with zero attached hydrogens (tertiary/aromatic N) is 2. The Balaban J connectivity index is 2.16. The van der Waals surface area contributed by atoms with Crippen molar-refractivity contribution in [1.82, 2.24) is 9.97 Å². The molecule has 4 heteroatoms. The van der Waals surface area contributed by atoms with Gasteiger partial charge in [-0.1, -0.05) is 47.5 Å². The average Bonchev–Trinajstić information content (AvgIpc) is 2.61. The molecular weight excluding hydrogens is 312 g/mol. The summed E-state index contributed by atoms with van der Waals surface area (Å²) in [6.07, 6.45) is 0. The molecule has 0 saturated heterocycles. The molecule has 0 fully saturated rings. The smallest absolute Gasteiger partial charge is 0.357 e. The summed E-state index contributed by atoms with van der Waals surface area (Å²) in [4.78, 5) is 21.3. The van der Waals surface area contributed by atoms with Crippen LogP contribution in [0.5, 0.6) is 0 Å². The van der Waals surface area contributed by atoms with E-state index >= 15 is 0 Å². The normalized spacial score (nSPS) is 10.5. The fraction of sp³-hybridized carbons (Fsp3) is 0.190. The van der Waals surface area contributed by atoms with Gasteiger partial charge in [-0.2, -0.15) is 0 Å². The van der Waals surface area contributed by atoms with Gasteiger partial charge < -0.3 is 4.74 Å². The highest BCUT2D eigenvalue weighted by molar-refractivity contribution is 5.89. The lowest BCUT2D eigenvalue weighted by Gasteiger charge is -2.09. The van der Waals surface area contributed by atoms with Gasteiger partial charge in [0.2, 0.25) is 0 Å².